The SMILES string of the molecule is CNc1cc(OC)ccc1OCCCCCc1ccccc1. The molecule has 2 aromatic carbocycles. The first kappa shape index (κ1) is 16.2. The number of ether oxygens (including phenoxy) is 2. The van der Waals surface area contributed by atoms with Gasteiger partial charge in [-0.3, -0.25) is 0 Å². The molecule has 0 radical (unpaired) electrons. The van der Waals surface area contributed by atoms with Gasteiger partial charge in [-0.05, 0) is 43.4 Å². The molecule has 0 aliphatic carbocycles. The van der Waals surface area contributed by atoms with Crippen molar-refractivity contribution in [1.82, 2.24) is 0 Å². The molecule has 0 unspecified atom stereocenters. The second-order valence-electron chi connectivity index (χ2n) is 5.26. The van der Waals surface area contributed by atoms with Gasteiger partial charge in [-0.25, -0.2) is 0 Å². The molecule has 0 saturated heterocycles. The van der Waals surface area contributed by atoms with Gasteiger partial charge in [-0.1, -0.05) is 30.3 Å². The van der Waals surface area contributed by atoms with Crippen molar-refractivity contribution >= 4 is 5.69 Å². The van der Waals surface area contributed by atoms with Crippen LogP contribution in [0.25, 0.3) is 0 Å². The number of anilines is 1. The fourth-order valence-electron chi connectivity index (χ4n) is 2.39. The molecule has 0 heterocycles. The van der Waals surface area contributed by atoms with E-state index in [1.165, 1.54) is 18.4 Å². The van der Waals surface area contributed by atoms with Gasteiger partial charge in [-0.15, -0.1) is 0 Å². The Hall–Kier alpha value is -2.16. The summed E-state index contributed by atoms with van der Waals surface area (Å²) in [5.74, 6) is 1.71. The zero-order chi connectivity index (χ0) is 15.6. The Morgan fingerprint density at radius 2 is 1.77 bits per heavy atom. The lowest BCUT2D eigenvalue weighted by molar-refractivity contribution is 0.306. The summed E-state index contributed by atoms with van der Waals surface area (Å²) in [4.78, 5) is 0. The summed E-state index contributed by atoms with van der Waals surface area (Å²) >= 11 is 0. The molecule has 0 bridgehead atoms. The summed E-state index contributed by atoms with van der Waals surface area (Å²) in [6.07, 6.45) is 4.60. The van der Waals surface area contributed by atoms with Crippen molar-refractivity contribution in [3.05, 3.63) is 54.1 Å². The molecular formula is C19H25NO2. The van der Waals surface area contributed by atoms with Gasteiger partial charge in [0.25, 0.3) is 0 Å². The molecule has 118 valence electrons. The van der Waals surface area contributed by atoms with Crippen LogP contribution in [0.15, 0.2) is 48.5 Å². The Morgan fingerprint density at radius 3 is 2.50 bits per heavy atom. The Bertz CT molecular complexity index is 555. The van der Waals surface area contributed by atoms with E-state index in [0.717, 1.165) is 36.6 Å². The fourth-order valence-corrected chi connectivity index (χ4v) is 2.39. The number of benzene rings is 2. The average molecular weight is 299 g/mol. The average Bonchev–Trinajstić information content (AvgIpc) is 2.59. The summed E-state index contributed by atoms with van der Waals surface area (Å²) in [6.45, 7) is 0.746. The largest absolute Gasteiger partial charge is 0.497 e. The van der Waals surface area contributed by atoms with Crippen LogP contribution in [0, 0.1) is 0 Å². The first-order chi connectivity index (χ1) is 10.8. The van der Waals surface area contributed by atoms with Crippen LogP contribution in [0.3, 0.4) is 0 Å². The molecule has 3 nitrogen and oxygen atoms in total. The van der Waals surface area contributed by atoms with Crippen LogP contribution in [-0.2, 0) is 6.42 Å². The van der Waals surface area contributed by atoms with Gasteiger partial charge in [-0.2, -0.15) is 0 Å². The summed E-state index contributed by atoms with van der Waals surface area (Å²) < 4.78 is 11.1. The van der Waals surface area contributed by atoms with E-state index in [1.807, 2.05) is 25.2 Å². The molecule has 0 aliphatic rings. The van der Waals surface area contributed by atoms with E-state index >= 15 is 0 Å². The van der Waals surface area contributed by atoms with Crippen LogP contribution in [0.2, 0.25) is 0 Å². The van der Waals surface area contributed by atoms with Crippen molar-refractivity contribution in [3.8, 4) is 11.5 Å². The van der Waals surface area contributed by atoms with Gasteiger partial charge >= 0.3 is 0 Å². The topological polar surface area (TPSA) is 30.5 Å². The number of methoxy groups -OCH3 is 1. The Labute approximate surface area is 133 Å². The predicted octanol–water partition coefficient (Wildman–Crippen LogP) is 4.53. The minimum atomic E-state index is 0.746. The Balaban J connectivity index is 1.68. The van der Waals surface area contributed by atoms with Crippen molar-refractivity contribution in [2.24, 2.45) is 0 Å². The predicted molar refractivity (Wildman–Crippen MR) is 92.0 cm³/mol. The van der Waals surface area contributed by atoms with Crippen molar-refractivity contribution in [1.29, 1.82) is 0 Å². The monoisotopic (exact) mass is 299 g/mol. The second kappa shape index (κ2) is 8.98. The number of aryl methyl sites for hydroxylation is 1. The van der Waals surface area contributed by atoms with E-state index in [0.29, 0.717) is 0 Å². The van der Waals surface area contributed by atoms with E-state index < -0.39 is 0 Å². The summed E-state index contributed by atoms with van der Waals surface area (Å²) in [7, 11) is 3.56. The van der Waals surface area contributed by atoms with Crippen LogP contribution in [0.4, 0.5) is 5.69 Å². The van der Waals surface area contributed by atoms with Crippen molar-refractivity contribution in [3.63, 3.8) is 0 Å². The lowest BCUT2D eigenvalue weighted by Gasteiger charge is -2.12. The highest BCUT2D eigenvalue weighted by atomic mass is 16.5. The molecule has 0 aromatic heterocycles. The van der Waals surface area contributed by atoms with E-state index in [9.17, 15) is 0 Å². The number of unbranched alkanes of at least 4 members (excludes halogenated alkanes) is 2. The minimum absolute atomic E-state index is 0.746. The third-order valence-electron chi connectivity index (χ3n) is 3.67. The molecule has 0 aliphatic heterocycles. The van der Waals surface area contributed by atoms with E-state index in [1.54, 1.807) is 7.11 Å². The van der Waals surface area contributed by atoms with E-state index in [2.05, 4.69) is 35.6 Å². The standard InChI is InChI=1S/C19H25NO2/c1-20-18-15-17(21-2)12-13-19(18)22-14-8-4-7-11-16-9-5-3-6-10-16/h3,5-6,9-10,12-13,15,20H,4,7-8,11,14H2,1-2H3. The van der Waals surface area contributed by atoms with E-state index in [4.69, 9.17) is 9.47 Å². The molecule has 22 heavy (non-hydrogen) atoms. The smallest absolute Gasteiger partial charge is 0.142 e. The van der Waals surface area contributed by atoms with Gasteiger partial charge in [0.05, 0.1) is 19.4 Å². The molecule has 0 amide bonds. The van der Waals surface area contributed by atoms with Crippen LogP contribution in [0.5, 0.6) is 11.5 Å². The zero-order valence-corrected chi connectivity index (χ0v) is 13.5. The molecule has 1 N–H and O–H groups in total. The third kappa shape index (κ3) is 4.99. The lowest BCUT2D eigenvalue weighted by atomic mass is 10.1. The van der Waals surface area contributed by atoms with E-state index in [-0.39, 0.29) is 0 Å². The third-order valence-corrected chi connectivity index (χ3v) is 3.67. The van der Waals surface area contributed by atoms with Crippen LogP contribution >= 0.6 is 0 Å². The summed E-state index contributed by atoms with van der Waals surface area (Å²) in [5, 5.41) is 3.14. The number of rotatable bonds is 9. The van der Waals surface area contributed by atoms with Crippen LogP contribution in [-0.4, -0.2) is 20.8 Å². The maximum Gasteiger partial charge on any atom is 0.142 e. The first-order valence-electron chi connectivity index (χ1n) is 7.86. The molecule has 2 aromatic rings. The highest BCUT2D eigenvalue weighted by molar-refractivity contribution is 5.59. The minimum Gasteiger partial charge on any atom is -0.497 e. The Kier molecular flexibility index (Phi) is 6.62. The van der Waals surface area contributed by atoms with Gasteiger partial charge in [0.1, 0.15) is 11.5 Å². The summed E-state index contributed by atoms with van der Waals surface area (Å²) in [6, 6.07) is 16.5. The number of nitrogens with one attached hydrogen (secondary N) is 1. The fraction of sp³-hybridized carbons (Fsp3) is 0.368. The molecule has 0 fully saturated rings. The van der Waals surface area contributed by atoms with Crippen molar-refractivity contribution in [2.75, 3.05) is 26.1 Å². The van der Waals surface area contributed by atoms with Crippen molar-refractivity contribution < 1.29 is 9.47 Å². The van der Waals surface area contributed by atoms with Crippen molar-refractivity contribution in [2.45, 2.75) is 25.7 Å². The molecule has 3 heteroatoms. The van der Waals surface area contributed by atoms with Crippen LogP contribution < -0.4 is 14.8 Å². The van der Waals surface area contributed by atoms with Gasteiger partial charge in [0.15, 0.2) is 0 Å². The molecule has 0 saturated carbocycles. The highest BCUT2D eigenvalue weighted by Crippen LogP contribution is 2.28. The normalized spacial score (nSPS) is 10.3. The molecule has 0 atom stereocenters. The van der Waals surface area contributed by atoms with Crippen LogP contribution in [0.1, 0.15) is 24.8 Å². The maximum absolute atomic E-state index is 5.86. The molecular weight excluding hydrogens is 274 g/mol. The lowest BCUT2D eigenvalue weighted by Crippen LogP contribution is -2.01. The number of hydrogen-bond donors (Lipinski definition) is 1. The second-order valence-corrected chi connectivity index (χ2v) is 5.26. The first-order valence-corrected chi connectivity index (χ1v) is 7.86. The maximum atomic E-state index is 5.86. The molecule has 2 rings (SSSR count). The molecule has 0 spiro atoms. The zero-order valence-electron chi connectivity index (χ0n) is 13.5. The Morgan fingerprint density at radius 1 is 0.955 bits per heavy atom. The highest BCUT2D eigenvalue weighted by Gasteiger charge is 2.04. The number of hydrogen-bond acceptors (Lipinski definition) is 3. The quantitative estimate of drug-likeness (QED) is 0.690. The summed E-state index contributed by atoms with van der Waals surface area (Å²) in [5.41, 5.74) is 2.37. The van der Waals surface area contributed by atoms with Gasteiger partial charge < -0.3 is 14.8 Å². The van der Waals surface area contributed by atoms with Gasteiger partial charge in [0, 0.05) is 13.1 Å². The van der Waals surface area contributed by atoms with Gasteiger partial charge in [0.2, 0.25) is 0 Å².